The average molecular weight is 403 g/mol. The first-order valence-electron chi connectivity index (χ1n) is 11.8. The Morgan fingerprint density at radius 2 is 1.07 bits per heavy atom. The Morgan fingerprint density at radius 1 is 0.643 bits per heavy atom. The summed E-state index contributed by atoms with van der Waals surface area (Å²) < 4.78 is 15.6. The minimum absolute atomic E-state index is 0.240. The first-order valence-corrected chi connectivity index (χ1v) is 11.8. The molecule has 5 nitrogen and oxygen atoms in total. The van der Waals surface area contributed by atoms with Crippen LogP contribution in [0.2, 0.25) is 0 Å². The number of hydrogen-bond acceptors (Lipinski definition) is 4. The van der Waals surface area contributed by atoms with Crippen molar-refractivity contribution < 1.29 is 24.1 Å². The largest absolute Gasteiger partial charge is 0.477 e. The summed E-state index contributed by atoms with van der Waals surface area (Å²) in [6, 6.07) is 0. The van der Waals surface area contributed by atoms with Crippen LogP contribution in [0.15, 0.2) is 0 Å². The molecule has 0 heterocycles. The molecule has 0 aliphatic rings. The number of unbranched alkanes of at least 4 members (excludes halogenated alkanes) is 14. The third-order valence-electron chi connectivity index (χ3n) is 4.92. The van der Waals surface area contributed by atoms with Crippen LogP contribution in [0.1, 0.15) is 110 Å². The third-order valence-corrected chi connectivity index (χ3v) is 4.92. The van der Waals surface area contributed by atoms with Gasteiger partial charge in [-0.1, -0.05) is 96.8 Å². The zero-order chi connectivity index (χ0) is 20.7. The smallest absolute Gasteiger partial charge is 0.361 e. The predicted molar refractivity (Wildman–Crippen MR) is 115 cm³/mol. The van der Waals surface area contributed by atoms with Gasteiger partial charge in [-0.25, -0.2) is 4.79 Å². The lowest BCUT2D eigenvalue weighted by molar-refractivity contribution is -0.192. The van der Waals surface area contributed by atoms with E-state index >= 15 is 0 Å². The lowest BCUT2D eigenvalue weighted by atomic mass is 10.0. The molecule has 0 fully saturated rings. The van der Waals surface area contributed by atoms with E-state index < -0.39 is 12.3 Å². The number of carbonyl (C=O) groups is 1. The van der Waals surface area contributed by atoms with Crippen LogP contribution >= 0.6 is 0 Å². The zero-order valence-electron chi connectivity index (χ0n) is 18.6. The van der Waals surface area contributed by atoms with Crippen molar-refractivity contribution in [2.24, 2.45) is 0 Å². The molecule has 0 rings (SSSR count). The molecule has 1 unspecified atom stereocenters. The Morgan fingerprint density at radius 3 is 1.50 bits per heavy atom. The van der Waals surface area contributed by atoms with Gasteiger partial charge < -0.3 is 19.3 Å². The van der Waals surface area contributed by atoms with Crippen LogP contribution in [0.25, 0.3) is 0 Å². The molecule has 5 heteroatoms. The van der Waals surface area contributed by atoms with E-state index in [1.54, 1.807) is 0 Å². The van der Waals surface area contributed by atoms with Crippen molar-refractivity contribution in [3.05, 3.63) is 0 Å². The second-order valence-corrected chi connectivity index (χ2v) is 7.56. The van der Waals surface area contributed by atoms with E-state index in [2.05, 4.69) is 6.92 Å². The molecule has 28 heavy (non-hydrogen) atoms. The van der Waals surface area contributed by atoms with Crippen LogP contribution in [0, 0.1) is 0 Å². The molecule has 0 saturated heterocycles. The molecular weight excluding hydrogens is 356 g/mol. The molecule has 0 amide bonds. The van der Waals surface area contributed by atoms with Crippen LogP contribution < -0.4 is 0 Å². The summed E-state index contributed by atoms with van der Waals surface area (Å²) in [5, 5.41) is 9.06. The quantitative estimate of drug-likeness (QED) is 0.160. The highest BCUT2D eigenvalue weighted by molar-refractivity contribution is 5.70. The second kappa shape index (κ2) is 22.6. The molecule has 168 valence electrons. The van der Waals surface area contributed by atoms with Gasteiger partial charge in [0.05, 0.1) is 19.8 Å². The zero-order valence-corrected chi connectivity index (χ0v) is 18.6. The Hall–Kier alpha value is -0.650. The Balaban J connectivity index is 3.30. The van der Waals surface area contributed by atoms with Gasteiger partial charge in [0, 0.05) is 6.61 Å². The number of ether oxygens (including phenoxy) is 3. The van der Waals surface area contributed by atoms with E-state index in [1.807, 2.05) is 6.92 Å². The first-order chi connectivity index (χ1) is 13.7. The van der Waals surface area contributed by atoms with Crippen molar-refractivity contribution in [2.45, 2.75) is 116 Å². The Kier molecular flexibility index (Phi) is 22.1. The van der Waals surface area contributed by atoms with Crippen molar-refractivity contribution in [2.75, 3.05) is 26.4 Å². The molecule has 0 radical (unpaired) electrons. The molecule has 0 saturated carbocycles. The van der Waals surface area contributed by atoms with Crippen LogP contribution in [0.3, 0.4) is 0 Å². The van der Waals surface area contributed by atoms with E-state index in [1.165, 1.54) is 83.5 Å². The summed E-state index contributed by atoms with van der Waals surface area (Å²) in [7, 11) is 0. The highest BCUT2D eigenvalue weighted by Gasteiger charge is 2.18. The number of rotatable bonds is 23. The average Bonchev–Trinajstić information content (AvgIpc) is 2.69. The maximum absolute atomic E-state index is 11.1. The van der Waals surface area contributed by atoms with Crippen molar-refractivity contribution in [3.63, 3.8) is 0 Å². The molecule has 0 aromatic carbocycles. The molecule has 0 aliphatic carbocycles. The molecule has 1 atom stereocenters. The van der Waals surface area contributed by atoms with Gasteiger partial charge >= 0.3 is 5.97 Å². The van der Waals surface area contributed by atoms with Crippen LogP contribution in [0.5, 0.6) is 0 Å². The molecule has 0 aromatic rings. The van der Waals surface area contributed by atoms with Crippen molar-refractivity contribution in [1.82, 2.24) is 0 Å². The molecule has 0 spiro atoms. The third kappa shape index (κ3) is 20.1. The predicted octanol–water partition coefficient (Wildman–Crippen LogP) is 6.34. The minimum atomic E-state index is -1.17. The van der Waals surface area contributed by atoms with Crippen molar-refractivity contribution >= 4 is 5.97 Å². The normalized spacial score (nSPS) is 12.4. The van der Waals surface area contributed by atoms with Crippen molar-refractivity contribution in [3.8, 4) is 0 Å². The monoisotopic (exact) mass is 402 g/mol. The first kappa shape index (κ1) is 27.4. The van der Waals surface area contributed by atoms with E-state index in [9.17, 15) is 4.79 Å². The highest BCUT2D eigenvalue weighted by Crippen LogP contribution is 2.13. The maximum atomic E-state index is 11.1. The van der Waals surface area contributed by atoms with E-state index in [0.717, 1.165) is 12.8 Å². The highest BCUT2D eigenvalue weighted by atomic mass is 16.7. The van der Waals surface area contributed by atoms with E-state index in [-0.39, 0.29) is 6.61 Å². The summed E-state index contributed by atoms with van der Waals surface area (Å²) in [6.07, 6.45) is 18.5. The summed E-state index contributed by atoms with van der Waals surface area (Å²) in [4.78, 5) is 11.1. The molecule has 0 aliphatic heterocycles. The number of carboxylic acid groups (broad SMARTS) is 1. The molecule has 0 aromatic heterocycles. The topological polar surface area (TPSA) is 65.0 Å². The fraction of sp³-hybridized carbons (Fsp3) is 0.957. The standard InChI is InChI=1S/C23H46O5/c1-3-5-6-7-8-9-10-11-12-13-14-15-16-17-18-19-27-23(22(24)25)28-21-20-26-4-2/h23H,3-21H2,1-2H3,(H,24,25). The summed E-state index contributed by atoms with van der Waals surface area (Å²) >= 11 is 0. The lowest BCUT2D eigenvalue weighted by Gasteiger charge is -2.14. The van der Waals surface area contributed by atoms with Gasteiger partial charge in [-0.3, -0.25) is 0 Å². The Bertz CT molecular complexity index is 322. The van der Waals surface area contributed by atoms with Gasteiger partial charge in [0.25, 0.3) is 6.29 Å². The Labute approximate surface area is 173 Å². The van der Waals surface area contributed by atoms with Crippen LogP contribution in [-0.4, -0.2) is 43.8 Å². The number of aliphatic carboxylic acids is 1. The van der Waals surface area contributed by atoms with Gasteiger partial charge in [0.2, 0.25) is 0 Å². The van der Waals surface area contributed by atoms with E-state index in [0.29, 0.717) is 19.8 Å². The maximum Gasteiger partial charge on any atom is 0.361 e. The summed E-state index contributed by atoms with van der Waals surface area (Å²) in [5.74, 6) is -1.07. The minimum Gasteiger partial charge on any atom is -0.477 e. The number of hydrogen-bond donors (Lipinski definition) is 1. The van der Waals surface area contributed by atoms with Gasteiger partial charge in [-0.05, 0) is 13.3 Å². The van der Waals surface area contributed by atoms with Gasteiger partial charge in [0.15, 0.2) is 0 Å². The molecule has 0 bridgehead atoms. The SMILES string of the molecule is CCCCCCCCCCCCCCCCCOC(OCCOCC)C(=O)O. The second-order valence-electron chi connectivity index (χ2n) is 7.56. The van der Waals surface area contributed by atoms with Gasteiger partial charge in [-0.2, -0.15) is 0 Å². The van der Waals surface area contributed by atoms with E-state index in [4.69, 9.17) is 19.3 Å². The lowest BCUT2D eigenvalue weighted by Crippen LogP contribution is -2.29. The molecular formula is C23H46O5. The fourth-order valence-corrected chi connectivity index (χ4v) is 3.21. The molecule has 1 N–H and O–H groups in total. The fourth-order valence-electron chi connectivity index (χ4n) is 3.21. The van der Waals surface area contributed by atoms with Crippen LogP contribution in [-0.2, 0) is 19.0 Å². The number of carboxylic acids is 1. The van der Waals surface area contributed by atoms with Crippen LogP contribution in [0.4, 0.5) is 0 Å². The summed E-state index contributed by atoms with van der Waals surface area (Å²) in [5.41, 5.74) is 0. The van der Waals surface area contributed by atoms with Gasteiger partial charge in [-0.15, -0.1) is 0 Å². The van der Waals surface area contributed by atoms with Gasteiger partial charge in [0.1, 0.15) is 0 Å². The summed E-state index contributed by atoms with van der Waals surface area (Å²) in [6.45, 7) is 5.82. The van der Waals surface area contributed by atoms with Crippen molar-refractivity contribution in [1.29, 1.82) is 0 Å².